The molecule has 1 aromatic carbocycles. The number of nitrogens with zero attached hydrogens (tertiary/aromatic N) is 3. The van der Waals surface area contributed by atoms with E-state index >= 15 is 0 Å². The van der Waals surface area contributed by atoms with Gasteiger partial charge < -0.3 is 4.74 Å². The molecular formula is C16H16ClN3O. The lowest BCUT2D eigenvalue weighted by Crippen LogP contribution is -1.99. The summed E-state index contributed by atoms with van der Waals surface area (Å²) in [5, 5.41) is 6.22. The number of ether oxygens (including phenoxy) is 1. The molecule has 0 aliphatic carbocycles. The van der Waals surface area contributed by atoms with Crippen molar-refractivity contribution in [2.45, 2.75) is 20.5 Å². The van der Waals surface area contributed by atoms with Crippen LogP contribution in [-0.2, 0) is 13.7 Å². The Kier molecular flexibility index (Phi) is 3.55. The summed E-state index contributed by atoms with van der Waals surface area (Å²) in [5.74, 6) is 0.609. The van der Waals surface area contributed by atoms with Gasteiger partial charge in [0.15, 0.2) is 5.65 Å². The van der Waals surface area contributed by atoms with Gasteiger partial charge in [0, 0.05) is 23.5 Å². The number of fused-ring (bicyclic) bond motifs is 1. The summed E-state index contributed by atoms with van der Waals surface area (Å²) in [6, 6.07) is 9.55. The van der Waals surface area contributed by atoms with Crippen molar-refractivity contribution >= 4 is 22.6 Å². The number of halogens is 1. The van der Waals surface area contributed by atoms with Gasteiger partial charge in [0.25, 0.3) is 0 Å². The highest BCUT2D eigenvalue weighted by Crippen LogP contribution is 2.24. The molecule has 0 fully saturated rings. The first-order valence-corrected chi connectivity index (χ1v) is 7.10. The van der Waals surface area contributed by atoms with Crippen LogP contribution in [0.1, 0.15) is 16.8 Å². The summed E-state index contributed by atoms with van der Waals surface area (Å²) < 4.78 is 7.57. The van der Waals surface area contributed by atoms with Crippen LogP contribution in [0.3, 0.4) is 0 Å². The predicted molar refractivity (Wildman–Crippen MR) is 83.8 cm³/mol. The quantitative estimate of drug-likeness (QED) is 0.738. The highest BCUT2D eigenvalue weighted by atomic mass is 35.5. The van der Waals surface area contributed by atoms with Gasteiger partial charge in [-0.1, -0.05) is 23.7 Å². The Hall–Kier alpha value is -2.07. The Balaban J connectivity index is 1.87. The molecule has 3 aromatic rings. The Labute approximate surface area is 128 Å². The van der Waals surface area contributed by atoms with E-state index in [4.69, 9.17) is 16.3 Å². The van der Waals surface area contributed by atoms with Gasteiger partial charge in [0.1, 0.15) is 6.61 Å². The first kappa shape index (κ1) is 13.9. The molecule has 0 saturated carbocycles. The average molecular weight is 302 g/mol. The second-order valence-corrected chi connectivity index (χ2v) is 5.54. The highest BCUT2D eigenvalue weighted by Gasteiger charge is 2.11. The molecule has 108 valence electrons. The molecule has 0 N–H and O–H groups in total. The van der Waals surface area contributed by atoms with Crippen molar-refractivity contribution in [1.82, 2.24) is 14.8 Å². The summed E-state index contributed by atoms with van der Waals surface area (Å²) in [4.78, 5) is 4.54. The van der Waals surface area contributed by atoms with Crippen LogP contribution in [0.4, 0.5) is 0 Å². The number of aromatic nitrogens is 3. The number of hydrogen-bond donors (Lipinski definition) is 0. The Morgan fingerprint density at radius 1 is 1.19 bits per heavy atom. The largest absolute Gasteiger partial charge is 0.473 e. The monoisotopic (exact) mass is 301 g/mol. The van der Waals surface area contributed by atoms with Crippen LogP contribution in [0, 0.1) is 13.8 Å². The molecule has 0 radical (unpaired) electrons. The fourth-order valence-electron chi connectivity index (χ4n) is 2.44. The number of hydrogen-bond acceptors (Lipinski definition) is 3. The van der Waals surface area contributed by atoms with E-state index in [-0.39, 0.29) is 0 Å². The maximum atomic E-state index is 5.87. The topological polar surface area (TPSA) is 39.9 Å². The third-order valence-corrected chi connectivity index (χ3v) is 3.69. The second kappa shape index (κ2) is 5.37. The SMILES string of the molecule is Cc1cc(OCc2ccc(Cl)cc2)nc2c1c(C)nn2C. The zero-order chi connectivity index (χ0) is 15.0. The highest BCUT2D eigenvalue weighted by molar-refractivity contribution is 6.30. The molecule has 0 amide bonds. The van der Waals surface area contributed by atoms with Gasteiger partial charge in [0.2, 0.25) is 5.88 Å². The molecule has 2 aromatic heterocycles. The van der Waals surface area contributed by atoms with Gasteiger partial charge in [-0.3, -0.25) is 4.68 Å². The molecule has 0 spiro atoms. The summed E-state index contributed by atoms with van der Waals surface area (Å²) >= 11 is 5.87. The van der Waals surface area contributed by atoms with Crippen molar-refractivity contribution in [3.8, 4) is 5.88 Å². The van der Waals surface area contributed by atoms with Crippen molar-refractivity contribution in [2.24, 2.45) is 7.05 Å². The maximum absolute atomic E-state index is 5.87. The third-order valence-electron chi connectivity index (χ3n) is 3.44. The molecule has 0 unspecified atom stereocenters. The molecule has 0 atom stereocenters. The normalized spacial score (nSPS) is 11.0. The van der Waals surface area contributed by atoms with Crippen LogP contribution < -0.4 is 4.74 Å². The number of benzene rings is 1. The Bertz CT molecular complexity index is 793. The Morgan fingerprint density at radius 2 is 1.90 bits per heavy atom. The molecule has 5 heteroatoms. The van der Waals surface area contributed by atoms with Gasteiger partial charge in [0.05, 0.1) is 5.69 Å². The molecule has 3 rings (SSSR count). The summed E-state index contributed by atoms with van der Waals surface area (Å²) in [6.45, 7) is 4.51. The van der Waals surface area contributed by atoms with Gasteiger partial charge in [-0.2, -0.15) is 10.1 Å². The van der Waals surface area contributed by atoms with E-state index in [1.54, 1.807) is 4.68 Å². The van der Waals surface area contributed by atoms with E-state index in [2.05, 4.69) is 10.1 Å². The van der Waals surface area contributed by atoms with Crippen LogP contribution in [0.2, 0.25) is 5.02 Å². The molecule has 4 nitrogen and oxygen atoms in total. The van der Waals surface area contributed by atoms with Crippen LogP contribution in [-0.4, -0.2) is 14.8 Å². The molecule has 0 aliphatic heterocycles. The van der Waals surface area contributed by atoms with E-state index in [9.17, 15) is 0 Å². The van der Waals surface area contributed by atoms with Crippen molar-refractivity contribution in [3.05, 3.63) is 52.2 Å². The minimum atomic E-state index is 0.464. The zero-order valence-corrected chi connectivity index (χ0v) is 13.0. The van der Waals surface area contributed by atoms with Crippen LogP contribution in [0.15, 0.2) is 30.3 Å². The average Bonchev–Trinajstić information content (AvgIpc) is 2.74. The summed E-state index contributed by atoms with van der Waals surface area (Å²) in [6.07, 6.45) is 0. The number of aryl methyl sites for hydroxylation is 3. The number of rotatable bonds is 3. The van der Waals surface area contributed by atoms with E-state index in [1.807, 2.05) is 51.2 Å². The summed E-state index contributed by atoms with van der Waals surface area (Å²) in [7, 11) is 1.89. The molecule has 2 heterocycles. The van der Waals surface area contributed by atoms with Crippen molar-refractivity contribution in [1.29, 1.82) is 0 Å². The predicted octanol–water partition coefficient (Wildman–Crippen LogP) is 3.82. The van der Waals surface area contributed by atoms with E-state index in [0.717, 1.165) is 32.9 Å². The fourth-order valence-corrected chi connectivity index (χ4v) is 2.57. The minimum Gasteiger partial charge on any atom is -0.473 e. The lowest BCUT2D eigenvalue weighted by Gasteiger charge is -2.07. The molecule has 0 aliphatic rings. The summed E-state index contributed by atoms with van der Waals surface area (Å²) in [5.41, 5.74) is 4.01. The van der Waals surface area contributed by atoms with Gasteiger partial charge in [-0.05, 0) is 37.1 Å². The Morgan fingerprint density at radius 3 is 2.62 bits per heavy atom. The first-order chi connectivity index (χ1) is 10.0. The van der Waals surface area contributed by atoms with E-state index < -0.39 is 0 Å². The van der Waals surface area contributed by atoms with Crippen molar-refractivity contribution in [3.63, 3.8) is 0 Å². The smallest absolute Gasteiger partial charge is 0.215 e. The number of pyridine rings is 1. The lowest BCUT2D eigenvalue weighted by atomic mass is 10.2. The van der Waals surface area contributed by atoms with Gasteiger partial charge in [-0.15, -0.1) is 0 Å². The van der Waals surface area contributed by atoms with Gasteiger partial charge in [-0.25, -0.2) is 0 Å². The van der Waals surface area contributed by atoms with Crippen molar-refractivity contribution < 1.29 is 4.74 Å². The van der Waals surface area contributed by atoms with Crippen molar-refractivity contribution in [2.75, 3.05) is 0 Å². The zero-order valence-electron chi connectivity index (χ0n) is 12.2. The molecule has 0 bridgehead atoms. The second-order valence-electron chi connectivity index (χ2n) is 5.10. The standard InChI is InChI=1S/C16H16ClN3O/c1-10-8-14(18-16-15(10)11(2)19-20(16)3)21-9-12-4-6-13(17)7-5-12/h4-8H,9H2,1-3H3. The minimum absolute atomic E-state index is 0.464. The van der Waals surface area contributed by atoms with Crippen LogP contribution >= 0.6 is 11.6 Å². The van der Waals surface area contributed by atoms with Crippen LogP contribution in [0.25, 0.3) is 11.0 Å². The van der Waals surface area contributed by atoms with Crippen LogP contribution in [0.5, 0.6) is 5.88 Å². The lowest BCUT2D eigenvalue weighted by molar-refractivity contribution is 0.294. The fraction of sp³-hybridized carbons (Fsp3) is 0.250. The van der Waals surface area contributed by atoms with E-state index in [1.165, 1.54) is 0 Å². The maximum Gasteiger partial charge on any atom is 0.215 e. The van der Waals surface area contributed by atoms with E-state index in [0.29, 0.717) is 12.5 Å². The molecule has 21 heavy (non-hydrogen) atoms. The molecular weight excluding hydrogens is 286 g/mol. The third kappa shape index (κ3) is 2.72. The van der Waals surface area contributed by atoms with Gasteiger partial charge >= 0.3 is 0 Å². The molecule has 0 saturated heterocycles. The first-order valence-electron chi connectivity index (χ1n) is 6.73.